The number of hydrogen-bond acceptors (Lipinski definition) is 6. The lowest BCUT2D eigenvalue weighted by molar-refractivity contribution is -0.143. The molecule has 3 rings (SSSR count). The molecule has 0 aliphatic carbocycles. The summed E-state index contributed by atoms with van der Waals surface area (Å²) in [4.78, 5) is 28.5. The number of hydrogen-bond donors (Lipinski definition) is 1. The molecule has 0 aliphatic heterocycles. The van der Waals surface area contributed by atoms with Crippen molar-refractivity contribution < 1.29 is 19.4 Å². The van der Waals surface area contributed by atoms with E-state index in [1.165, 1.54) is 5.56 Å². The number of carbonyl (C=O) groups is 2. The van der Waals surface area contributed by atoms with Crippen LogP contribution in [0.3, 0.4) is 0 Å². The summed E-state index contributed by atoms with van der Waals surface area (Å²) >= 11 is 0. The lowest BCUT2D eigenvalue weighted by atomic mass is 9.96. The predicted octanol–water partition coefficient (Wildman–Crippen LogP) is 5.13. The molecule has 0 unspecified atom stereocenters. The first-order valence-corrected chi connectivity index (χ1v) is 10.2. The number of benzene rings is 2. The molecule has 2 aromatic carbocycles. The maximum Gasteiger partial charge on any atom is 0.306 e. The number of aromatic nitrogens is 1. The summed E-state index contributed by atoms with van der Waals surface area (Å²) in [6, 6.07) is 15.5. The Morgan fingerprint density at radius 3 is 2.55 bits per heavy atom. The van der Waals surface area contributed by atoms with Gasteiger partial charge in [0.2, 0.25) is 0 Å². The summed E-state index contributed by atoms with van der Waals surface area (Å²) in [5.41, 5.74) is 3.30. The van der Waals surface area contributed by atoms with Crippen LogP contribution in [0.2, 0.25) is 0 Å². The molecule has 0 atom stereocenters. The van der Waals surface area contributed by atoms with E-state index in [1.807, 2.05) is 24.3 Å². The topological polar surface area (TPSA) is 100 Å². The lowest BCUT2D eigenvalue weighted by Crippen LogP contribution is -2.10. The van der Waals surface area contributed by atoms with E-state index in [-0.39, 0.29) is 30.7 Å². The van der Waals surface area contributed by atoms with Crippen LogP contribution in [0.4, 0.5) is 0 Å². The van der Waals surface area contributed by atoms with Crippen molar-refractivity contribution in [2.45, 2.75) is 39.5 Å². The van der Waals surface area contributed by atoms with Gasteiger partial charge in [-0.25, -0.2) is 4.98 Å². The highest BCUT2D eigenvalue weighted by atomic mass is 16.5. The zero-order chi connectivity index (χ0) is 22.5. The Bertz CT molecular complexity index is 1190. The first-order valence-electron chi connectivity index (χ1n) is 10.2. The number of esters is 1. The number of pyridine rings is 1. The Kier molecular flexibility index (Phi) is 6.66. The first-order chi connectivity index (χ1) is 14.8. The van der Waals surface area contributed by atoms with Gasteiger partial charge in [-0.1, -0.05) is 50.2 Å². The standard InChI is InChI=1S/C25H24N2O4/c1-4-31-23(29)11-10-22(28)24-25(30)20(14-26)19-9-8-18(13-21(19)27-24)17-7-5-6-16(12-17)15(2)3/h5-9,12-13,15,30H,4,10-11H2,1-3H3. The number of Topliss-reactive ketones (excluding diaryl/α,β-unsaturated/α-hetero) is 1. The molecule has 0 saturated carbocycles. The smallest absolute Gasteiger partial charge is 0.306 e. The second-order valence-electron chi connectivity index (χ2n) is 7.54. The van der Waals surface area contributed by atoms with E-state index >= 15 is 0 Å². The molecule has 0 fully saturated rings. The number of aromatic hydroxyl groups is 1. The zero-order valence-corrected chi connectivity index (χ0v) is 17.8. The van der Waals surface area contributed by atoms with Gasteiger partial charge in [-0.05, 0) is 35.6 Å². The van der Waals surface area contributed by atoms with E-state index in [0.29, 0.717) is 16.8 Å². The van der Waals surface area contributed by atoms with Gasteiger partial charge in [0.25, 0.3) is 0 Å². The van der Waals surface area contributed by atoms with Gasteiger partial charge in [-0.15, -0.1) is 0 Å². The Hall–Kier alpha value is -3.72. The van der Waals surface area contributed by atoms with Crippen LogP contribution in [-0.4, -0.2) is 28.4 Å². The molecule has 0 radical (unpaired) electrons. The molecule has 3 aromatic rings. The average molecular weight is 416 g/mol. The van der Waals surface area contributed by atoms with Crippen LogP contribution in [0.15, 0.2) is 42.5 Å². The van der Waals surface area contributed by atoms with Gasteiger partial charge >= 0.3 is 5.97 Å². The van der Waals surface area contributed by atoms with Crippen LogP contribution >= 0.6 is 0 Å². The normalized spacial score (nSPS) is 10.8. The van der Waals surface area contributed by atoms with Gasteiger partial charge in [0.15, 0.2) is 11.5 Å². The Labute approximate surface area is 181 Å². The lowest BCUT2D eigenvalue weighted by Gasteiger charge is -2.11. The number of ketones is 1. The molecule has 0 spiro atoms. The predicted molar refractivity (Wildman–Crippen MR) is 118 cm³/mol. The fraction of sp³-hybridized carbons (Fsp3) is 0.280. The third-order valence-corrected chi connectivity index (χ3v) is 5.08. The number of ether oxygens (including phenoxy) is 1. The number of nitrogens with zero attached hydrogens (tertiary/aromatic N) is 2. The molecule has 0 amide bonds. The average Bonchev–Trinajstić information content (AvgIpc) is 2.77. The summed E-state index contributed by atoms with van der Waals surface area (Å²) in [5.74, 6) is -1.09. The fourth-order valence-electron chi connectivity index (χ4n) is 3.39. The molecule has 0 aliphatic rings. The van der Waals surface area contributed by atoms with Crippen molar-refractivity contribution >= 4 is 22.7 Å². The molecular formula is C25H24N2O4. The third kappa shape index (κ3) is 4.72. The molecule has 1 heterocycles. The maximum absolute atomic E-state index is 12.6. The third-order valence-electron chi connectivity index (χ3n) is 5.08. The van der Waals surface area contributed by atoms with Gasteiger partial charge in [0.1, 0.15) is 17.3 Å². The second-order valence-corrected chi connectivity index (χ2v) is 7.54. The van der Waals surface area contributed by atoms with Crippen LogP contribution < -0.4 is 0 Å². The SMILES string of the molecule is CCOC(=O)CCC(=O)c1nc2cc(-c3cccc(C(C)C)c3)ccc2c(C#N)c1O. The molecule has 0 saturated heterocycles. The Morgan fingerprint density at radius 2 is 1.87 bits per heavy atom. The minimum Gasteiger partial charge on any atom is -0.504 e. The van der Waals surface area contributed by atoms with Crippen LogP contribution in [0.1, 0.15) is 61.1 Å². The van der Waals surface area contributed by atoms with Gasteiger partial charge in [-0.2, -0.15) is 5.26 Å². The molecule has 1 aromatic heterocycles. The highest BCUT2D eigenvalue weighted by molar-refractivity contribution is 6.03. The highest BCUT2D eigenvalue weighted by Gasteiger charge is 2.21. The summed E-state index contributed by atoms with van der Waals surface area (Å²) in [5, 5.41) is 20.5. The van der Waals surface area contributed by atoms with E-state index in [9.17, 15) is 20.0 Å². The van der Waals surface area contributed by atoms with Gasteiger partial charge in [0, 0.05) is 11.8 Å². The minimum atomic E-state index is -0.517. The van der Waals surface area contributed by atoms with E-state index in [2.05, 4.69) is 31.0 Å². The quantitative estimate of drug-likeness (QED) is 0.423. The highest BCUT2D eigenvalue weighted by Crippen LogP contribution is 2.32. The number of nitriles is 1. The molecule has 1 N–H and O–H groups in total. The molecule has 6 heteroatoms. The fourth-order valence-corrected chi connectivity index (χ4v) is 3.39. The van der Waals surface area contributed by atoms with E-state index in [1.54, 1.807) is 19.1 Å². The van der Waals surface area contributed by atoms with Crippen LogP contribution in [-0.2, 0) is 9.53 Å². The summed E-state index contributed by atoms with van der Waals surface area (Å²) in [7, 11) is 0. The Morgan fingerprint density at radius 1 is 1.13 bits per heavy atom. The van der Waals surface area contributed by atoms with Crippen molar-refractivity contribution in [1.82, 2.24) is 4.98 Å². The van der Waals surface area contributed by atoms with Crippen molar-refractivity contribution in [3.05, 3.63) is 59.3 Å². The second kappa shape index (κ2) is 9.40. The number of rotatable bonds is 7. The molecular weight excluding hydrogens is 392 g/mol. The van der Waals surface area contributed by atoms with Crippen molar-refractivity contribution in [3.8, 4) is 22.9 Å². The van der Waals surface area contributed by atoms with Gasteiger partial charge in [-0.3, -0.25) is 9.59 Å². The summed E-state index contributed by atoms with van der Waals surface area (Å²) in [6.07, 6.45) is -0.276. The van der Waals surface area contributed by atoms with Crippen molar-refractivity contribution in [1.29, 1.82) is 5.26 Å². The molecule has 31 heavy (non-hydrogen) atoms. The van der Waals surface area contributed by atoms with Crippen molar-refractivity contribution in [2.24, 2.45) is 0 Å². The minimum absolute atomic E-state index is 0.00744. The van der Waals surface area contributed by atoms with Crippen molar-refractivity contribution in [3.63, 3.8) is 0 Å². The molecule has 0 bridgehead atoms. The summed E-state index contributed by atoms with van der Waals surface area (Å²) in [6.45, 7) is 6.16. The Balaban J connectivity index is 2.04. The van der Waals surface area contributed by atoms with E-state index < -0.39 is 17.5 Å². The van der Waals surface area contributed by atoms with E-state index in [4.69, 9.17) is 4.74 Å². The monoisotopic (exact) mass is 416 g/mol. The van der Waals surface area contributed by atoms with Gasteiger partial charge in [0.05, 0.1) is 18.5 Å². The van der Waals surface area contributed by atoms with Crippen LogP contribution in [0, 0.1) is 11.3 Å². The maximum atomic E-state index is 12.6. The van der Waals surface area contributed by atoms with Crippen molar-refractivity contribution in [2.75, 3.05) is 6.61 Å². The largest absolute Gasteiger partial charge is 0.504 e. The number of carbonyl (C=O) groups excluding carboxylic acids is 2. The first kappa shape index (κ1) is 22.0. The van der Waals surface area contributed by atoms with Crippen LogP contribution in [0.5, 0.6) is 5.75 Å². The van der Waals surface area contributed by atoms with Crippen LogP contribution in [0.25, 0.3) is 22.0 Å². The summed E-state index contributed by atoms with van der Waals surface area (Å²) < 4.78 is 4.84. The number of fused-ring (bicyclic) bond motifs is 1. The van der Waals surface area contributed by atoms with E-state index in [0.717, 1.165) is 11.1 Å². The molecule has 158 valence electrons. The van der Waals surface area contributed by atoms with Gasteiger partial charge < -0.3 is 9.84 Å². The molecule has 6 nitrogen and oxygen atoms in total. The zero-order valence-electron chi connectivity index (χ0n) is 17.8.